The number of benzene rings is 1. The zero-order valence-corrected chi connectivity index (χ0v) is 11.0. The van der Waals surface area contributed by atoms with E-state index in [4.69, 9.17) is 0 Å². The van der Waals surface area contributed by atoms with E-state index in [0.29, 0.717) is 5.92 Å². The Bertz CT molecular complexity index is 326. The molecule has 0 nitrogen and oxygen atoms in total. The summed E-state index contributed by atoms with van der Waals surface area (Å²) in [6, 6.07) is 7.14. The third-order valence-corrected chi connectivity index (χ3v) is 4.30. The Balaban J connectivity index is 2.27. The van der Waals surface area contributed by atoms with Crippen LogP contribution in [0.15, 0.2) is 18.2 Å². The number of hydrogen-bond acceptors (Lipinski definition) is 0. The van der Waals surface area contributed by atoms with Crippen LogP contribution in [0.1, 0.15) is 48.8 Å². The lowest BCUT2D eigenvalue weighted by molar-refractivity contribution is 0.679. The molecule has 1 aliphatic rings. The van der Waals surface area contributed by atoms with Gasteiger partial charge in [0, 0.05) is 5.33 Å². The zero-order valence-electron chi connectivity index (χ0n) is 9.43. The van der Waals surface area contributed by atoms with Crippen LogP contribution in [0, 0.1) is 0 Å². The van der Waals surface area contributed by atoms with E-state index in [0.717, 1.165) is 5.33 Å². The largest absolute Gasteiger partial charge is 0.0921 e. The number of hydrogen-bond donors (Lipinski definition) is 0. The standard InChI is InChI=1S/C14H19Br/c1-2-11(10-15)14-8-7-12-5-3-4-6-13(12)9-14/h7-9,11H,2-6,10H2,1H3. The van der Waals surface area contributed by atoms with Crippen LogP contribution in [0.5, 0.6) is 0 Å². The van der Waals surface area contributed by atoms with Crippen molar-refractivity contribution in [2.75, 3.05) is 5.33 Å². The zero-order chi connectivity index (χ0) is 10.7. The minimum absolute atomic E-state index is 0.692. The maximum Gasteiger partial charge on any atom is 0.0100 e. The second-order valence-electron chi connectivity index (χ2n) is 4.49. The predicted molar refractivity (Wildman–Crippen MR) is 69.9 cm³/mol. The summed E-state index contributed by atoms with van der Waals surface area (Å²) >= 11 is 3.61. The van der Waals surface area contributed by atoms with E-state index in [1.807, 2.05) is 0 Å². The summed E-state index contributed by atoms with van der Waals surface area (Å²) < 4.78 is 0. The van der Waals surface area contributed by atoms with Crippen LogP contribution in [-0.2, 0) is 12.8 Å². The van der Waals surface area contributed by atoms with Gasteiger partial charge >= 0.3 is 0 Å². The minimum atomic E-state index is 0.692. The number of halogens is 1. The third-order valence-electron chi connectivity index (χ3n) is 3.52. The van der Waals surface area contributed by atoms with Gasteiger partial charge in [-0.15, -0.1) is 0 Å². The van der Waals surface area contributed by atoms with Gasteiger partial charge in [0.05, 0.1) is 0 Å². The van der Waals surface area contributed by atoms with Crippen molar-refractivity contribution in [3.63, 3.8) is 0 Å². The van der Waals surface area contributed by atoms with Gasteiger partial charge in [0.25, 0.3) is 0 Å². The van der Waals surface area contributed by atoms with Crippen LogP contribution in [0.3, 0.4) is 0 Å². The number of aryl methyl sites for hydroxylation is 2. The highest BCUT2D eigenvalue weighted by Crippen LogP contribution is 2.27. The molecule has 0 bridgehead atoms. The maximum absolute atomic E-state index is 3.61. The van der Waals surface area contributed by atoms with E-state index >= 15 is 0 Å². The molecule has 0 fully saturated rings. The molecule has 15 heavy (non-hydrogen) atoms. The van der Waals surface area contributed by atoms with Crippen molar-refractivity contribution in [2.24, 2.45) is 0 Å². The van der Waals surface area contributed by atoms with Crippen LogP contribution in [0.2, 0.25) is 0 Å². The van der Waals surface area contributed by atoms with Crippen molar-refractivity contribution in [2.45, 2.75) is 44.9 Å². The van der Waals surface area contributed by atoms with E-state index in [2.05, 4.69) is 41.1 Å². The summed E-state index contributed by atoms with van der Waals surface area (Å²) in [6.07, 6.45) is 6.57. The fraction of sp³-hybridized carbons (Fsp3) is 0.571. The first-order valence-electron chi connectivity index (χ1n) is 6.02. The van der Waals surface area contributed by atoms with Crippen LogP contribution in [-0.4, -0.2) is 5.33 Å². The van der Waals surface area contributed by atoms with Crippen LogP contribution >= 0.6 is 15.9 Å². The quantitative estimate of drug-likeness (QED) is 0.709. The summed E-state index contributed by atoms with van der Waals surface area (Å²) in [5, 5.41) is 1.09. The fourth-order valence-corrected chi connectivity index (χ4v) is 3.27. The van der Waals surface area contributed by atoms with Crippen LogP contribution in [0.25, 0.3) is 0 Å². The molecule has 0 saturated heterocycles. The van der Waals surface area contributed by atoms with Gasteiger partial charge in [0.15, 0.2) is 0 Å². The van der Waals surface area contributed by atoms with E-state index in [9.17, 15) is 0 Å². The molecule has 82 valence electrons. The van der Waals surface area contributed by atoms with Crippen molar-refractivity contribution in [3.8, 4) is 0 Å². The monoisotopic (exact) mass is 266 g/mol. The molecule has 1 aromatic rings. The highest BCUT2D eigenvalue weighted by Gasteiger charge is 2.13. The normalized spacial score (nSPS) is 17.2. The Morgan fingerprint density at radius 2 is 1.93 bits per heavy atom. The molecule has 0 N–H and O–H groups in total. The van der Waals surface area contributed by atoms with Crippen molar-refractivity contribution in [1.29, 1.82) is 0 Å². The highest BCUT2D eigenvalue weighted by atomic mass is 79.9. The lowest BCUT2D eigenvalue weighted by Crippen LogP contribution is -2.05. The molecule has 0 radical (unpaired) electrons. The van der Waals surface area contributed by atoms with E-state index < -0.39 is 0 Å². The highest BCUT2D eigenvalue weighted by molar-refractivity contribution is 9.09. The predicted octanol–water partition coefficient (Wildman–Crippen LogP) is 4.45. The Labute approximate surface area is 101 Å². The van der Waals surface area contributed by atoms with Gasteiger partial charge in [-0.25, -0.2) is 0 Å². The van der Waals surface area contributed by atoms with Crippen molar-refractivity contribution in [1.82, 2.24) is 0 Å². The fourth-order valence-electron chi connectivity index (χ4n) is 2.44. The second kappa shape index (κ2) is 5.16. The second-order valence-corrected chi connectivity index (χ2v) is 5.14. The summed E-state index contributed by atoms with van der Waals surface area (Å²) in [5.74, 6) is 0.692. The van der Waals surface area contributed by atoms with Gasteiger partial charge in [0.1, 0.15) is 0 Å². The first kappa shape index (κ1) is 11.2. The summed E-state index contributed by atoms with van der Waals surface area (Å²) in [7, 11) is 0. The molecule has 0 heterocycles. The molecule has 0 saturated carbocycles. The molecule has 2 rings (SSSR count). The molecule has 1 atom stereocenters. The van der Waals surface area contributed by atoms with Crippen molar-refractivity contribution >= 4 is 15.9 Å². The van der Waals surface area contributed by atoms with Gasteiger partial charge in [-0.05, 0) is 54.7 Å². The van der Waals surface area contributed by atoms with Gasteiger partial charge in [-0.1, -0.05) is 41.1 Å². The van der Waals surface area contributed by atoms with Gasteiger partial charge in [-0.3, -0.25) is 0 Å². The SMILES string of the molecule is CCC(CBr)c1ccc2c(c1)CCCC2. The lowest BCUT2D eigenvalue weighted by atomic mass is 9.87. The average molecular weight is 267 g/mol. The first-order chi connectivity index (χ1) is 7.35. The average Bonchev–Trinajstić information content (AvgIpc) is 2.30. The Morgan fingerprint density at radius 3 is 2.60 bits per heavy atom. The molecule has 0 spiro atoms. The van der Waals surface area contributed by atoms with E-state index in [1.54, 1.807) is 11.1 Å². The molecular weight excluding hydrogens is 248 g/mol. The molecule has 1 aromatic carbocycles. The number of rotatable bonds is 3. The lowest BCUT2D eigenvalue weighted by Gasteiger charge is -2.19. The molecule has 1 unspecified atom stereocenters. The summed E-state index contributed by atoms with van der Waals surface area (Å²) in [6.45, 7) is 2.27. The number of alkyl halides is 1. The van der Waals surface area contributed by atoms with E-state index in [-0.39, 0.29) is 0 Å². The van der Waals surface area contributed by atoms with Crippen molar-refractivity contribution in [3.05, 3.63) is 34.9 Å². The van der Waals surface area contributed by atoms with Gasteiger partial charge < -0.3 is 0 Å². The van der Waals surface area contributed by atoms with E-state index in [1.165, 1.54) is 37.7 Å². The molecule has 0 aliphatic heterocycles. The van der Waals surface area contributed by atoms with Gasteiger partial charge in [0.2, 0.25) is 0 Å². The summed E-state index contributed by atoms with van der Waals surface area (Å²) in [5.41, 5.74) is 4.72. The Morgan fingerprint density at radius 1 is 1.20 bits per heavy atom. The van der Waals surface area contributed by atoms with Crippen LogP contribution in [0.4, 0.5) is 0 Å². The Kier molecular flexibility index (Phi) is 3.85. The first-order valence-corrected chi connectivity index (χ1v) is 7.15. The third kappa shape index (κ3) is 2.44. The smallest absolute Gasteiger partial charge is 0.0100 e. The molecule has 0 amide bonds. The molecule has 0 aromatic heterocycles. The van der Waals surface area contributed by atoms with Crippen molar-refractivity contribution < 1.29 is 0 Å². The molecule has 1 aliphatic carbocycles. The van der Waals surface area contributed by atoms with Gasteiger partial charge in [-0.2, -0.15) is 0 Å². The maximum atomic E-state index is 3.61. The molecular formula is C14H19Br. The summed E-state index contributed by atoms with van der Waals surface area (Å²) in [4.78, 5) is 0. The number of fused-ring (bicyclic) bond motifs is 1. The van der Waals surface area contributed by atoms with Crippen LogP contribution < -0.4 is 0 Å². The molecule has 1 heteroatoms. The topological polar surface area (TPSA) is 0 Å². The Hall–Kier alpha value is -0.300. The minimum Gasteiger partial charge on any atom is -0.0921 e.